The summed E-state index contributed by atoms with van der Waals surface area (Å²) < 4.78 is 36.8. The predicted molar refractivity (Wildman–Crippen MR) is 88.1 cm³/mol. The number of hydrogen-bond acceptors (Lipinski definition) is 3. The average molecular weight is 341 g/mol. The number of benzene rings is 1. The van der Waals surface area contributed by atoms with Crippen LogP contribution in [0.2, 0.25) is 0 Å². The van der Waals surface area contributed by atoms with E-state index in [-0.39, 0.29) is 0 Å². The molecule has 0 fully saturated rings. The average Bonchev–Trinajstić information content (AvgIpc) is 2.99. The second kappa shape index (κ2) is 7.61. The molecule has 1 heterocycles. The summed E-state index contributed by atoms with van der Waals surface area (Å²) in [5, 5.41) is 4.78. The van der Waals surface area contributed by atoms with Crippen LogP contribution >= 0.6 is 11.3 Å². The number of alkyl halides is 3. The van der Waals surface area contributed by atoms with E-state index < -0.39 is 18.6 Å². The van der Waals surface area contributed by atoms with E-state index in [1.807, 2.05) is 29.6 Å². The van der Waals surface area contributed by atoms with E-state index >= 15 is 0 Å². The number of nitrogens with two attached hydrogens (primary N) is 1. The summed E-state index contributed by atoms with van der Waals surface area (Å²) in [6.45, 7) is 1.90. The lowest BCUT2D eigenvalue weighted by Crippen LogP contribution is -2.30. The first-order valence-electron chi connectivity index (χ1n) is 7.10. The molecule has 3 N–H and O–H groups in total. The summed E-state index contributed by atoms with van der Waals surface area (Å²) in [6.07, 6.45) is -4.99. The number of nitrogens with one attached hydrogen (secondary N) is 1. The predicted octanol–water partition coefficient (Wildman–Crippen LogP) is 4.22. The largest absolute Gasteiger partial charge is 0.390 e. The summed E-state index contributed by atoms with van der Waals surface area (Å²) in [5.41, 5.74) is 7.52. The molecule has 0 spiro atoms. The van der Waals surface area contributed by atoms with Gasteiger partial charge in [-0.05, 0) is 36.1 Å². The zero-order valence-corrected chi connectivity index (χ0v) is 13.4. The lowest BCUT2D eigenvalue weighted by atomic mass is 10.1. The van der Waals surface area contributed by atoms with Gasteiger partial charge in [0.2, 0.25) is 0 Å². The van der Waals surface area contributed by atoms with E-state index in [1.165, 1.54) is 18.3 Å². The number of hydrogen-bond donors (Lipinski definition) is 2. The molecule has 1 aromatic heterocycles. The number of amidine groups is 1. The van der Waals surface area contributed by atoms with Crippen LogP contribution in [0.25, 0.3) is 0 Å². The van der Waals surface area contributed by atoms with Gasteiger partial charge in [-0.3, -0.25) is 0 Å². The number of rotatable bonds is 6. The lowest BCUT2D eigenvalue weighted by molar-refractivity contribution is -0.139. The minimum atomic E-state index is -4.15. The third-order valence-corrected chi connectivity index (χ3v) is 4.04. The molecule has 7 heteroatoms. The fourth-order valence-corrected chi connectivity index (χ4v) is 2.65. The second-order valence-corrected chi connectivity index (χ2v) is 6.19. The van der Waals surface area contributed by atoms with Gasteiger partial charge in [-0.25, -0.2) is 4.99 Å². The Morgan fingerprint density at radius 3 is 2.52 bits per heavy atom. The number of halogens is 3. The zero-order valence-electron chi connectivity index (χ0n) is 12.6. The summed E-state index contributed by atoms with van der Waals surface area (Å²) in [5.74, 6) is 0.449. The van der Waals surface area contributed by atoms with Crippen molar-refractivity contribution in [1.82, 2.24) is 5.32 Å². The van der Waals surface area contributed by atoms with E-state index in [2.05, 4.69) is 10.3 Å². The molecule has 2 rings (SSSR count). The molecule has 0 unspecified atom stereocenters. The minimum Gasteiger partial charge on any atom is -0.383 e. The highest BCUT2D eigenvalue weighted by molar-refractivity contribution is 7.12. The molecule has 2 aromatic rings. The molecule has 124 valence electrons. The van der Waals surface area contributed by atoms with Gasteiger partial charge in [0.25, 0.3) is 0 Å². The Hall–Kier alpha value is -1.86. The molecule has 0 amide bonds. The molecule has 1 atom stereocenters. The highest BCUT2D eigenvalue weighted by Gasteiger charge is 2.29. The summed E-state index contributed by atoms with van der Waals surface area (Å²) >= 11 is 1.51. The summed E-state index contributed by atoms with van der Waals surface area (Å²) in [7, 11) is 0. The van der Waals surface area contributed by atoms with Crippen LogP contribution < -0.4 is 11.1 Å². The third kappa shape index (κ3) is 6.03. The van der Waals surface area contributed by atoms with E-state index in [0.29, 0.717) is 18.1 Å². The van der Waals surface area contributed by atoms with Gasteiger partial charge in [-0.2, -0.15) is 13.2 Å². The molecule has 0 saturated heterocycles. The van der Waals surface area contributed by atoms with Gasteiger partial charge >= 0.3 is 6.18 Å². The van der Waals surface area contributed by atoms with E-state index in [4.69, 9.17) is 5.73 Å². The first kappa shape index (κ1) is 17.5. The van der Waals surface area contributed by atoms with E-state index in [1.54, 1.807) is 12.1 Å². The maximum absolute atomic E-state index is 12.3. The van der Waals surface area contributed by atoms with Crippen molar-refractivity contribution in [2.75, 3.05) is 0 Å². The SMILES string of the molecule is C[C@@H](CC(F)(F)F)NCc1ccc(N=C(N)c2cccs2)cc1. The Balaban J connectivity index is 1.91. The van der Waals surface area contributed by atoms with E-state index in [0.717, 1.165) is 10.4 Å². The molecule has 0 radical (unpaired) electrons. The van der Waals surface area contributed by atoms with Crippen LogP contribution in [0.1, 0.15) is 23.8 Å². The number of aliphatic imine (C=N–C) groups is 1. The molecule has 1 aromatic carbocycles. The van der Waals surface area contributed by atoms with Crippen molar-refractivity contribution >= 4 is 22.9 Å². The van der Waals surface area contributed by atoms with Gasteiger partial charge in [0.1, 0.15) is 5.84 Å². The van der Waals surface area contributed by atoms with Gasteiger partial charge in [0, 0.05) is 12.6 Å². The van der Waals surface area contributed by atoms with Crippen molar-refractivity contribution in [3.8, 4) is 0 Å². The van der Waals surface area contributed by atoms with Crippen molar-refractivity contribution in [2.24, 2.45) is 10.7 Å². The molecule has 0 aliphatic rings. The first-order chi connectivity index (χ1) is 10.8. The van der Waals surface area contributed by atoms with Crippen molar-refractivity contribution in [3.05, 3.63) is 52.2 Å². The topological polar surface area (TPSA) is 50.4 Å². The molecule has 23 heavy (non-hydrogen) atoms. The molecule has 3 nitrogen and oxygen atoms in total. The fourth-order valence-electron chi connectivity index (χ4n) is 2.02. The van der Waals surface area contributed by atoms with Crippen LogP contribution in [-0.2, 0) is 6.54 Å². The smallest absolute Gasteiger partial charge is 0.383 e. The highest BCUT2D eigenvalue weighted by atomic mass is 32.1. The Bertz CT molecular complexity index is 634. The standard InChI is InChI=1S/C16H18F3N3S/c1-11(9-16(17,18)19)21-10-12-4-6-13(7-5-12)22-15(20)14-3-2-8-23-14/h2-8,11,21H,9-10H2,1H3,(H2,20,22)/t11-/m0/s1. The molecule has 0 saturated carbocycles. The van der Waals surface area contributed by atoms with Gasteiger partial charge in [-0.1, -0.05) is 18.2 Å². The fraction of sp³-hybridized carbons (Fsp3) is 0.312. The minimum absolute atomic E-state index is 0.377. The monoisotopic (exact) mass is 341 g/mol. The normalized spacial score (nSPS) is 14.0. The third-order valence-electron chi connectivity index (χ3n) is 3.15. The maximum atomic E-state index is 12.3. The van der Waals surface area contributed by atoms with Gasteiger partial charge < -0.3 is 11.1 Å². The Morgan fingerprint density at radius 2 is 1.96 bits per heavy atom. The second-order valence-electron chi connectivity index (χ2n) is 5.24. The molecule has 0 aliphatic heterocycles. The Kier molecular flexibility index (Phi) is 5.79. The van der Waals surface area contributed by atoms with Gasteiger partial charge in [0.15, 0.2) is 0 Å². The van der Waals surface area contributed by atoms with Crippen molar-refractivity contribution in [2.45, 2.75) is 32.1 Å². The van der Waals surface area contributed by atoms with Crippen LogP contribution in [-0.4, -0.2) is 18.1 Å². The highest BCUT2D eigenvalue weighted by Crippen LogP contribution is 2.21. The number of nitrogens with zero attached hydrogens (tertiary/aromatic N) is 1. The Morgan fingerprint density at radius 1 is 1.26 bits per heavy atom. The lowest BCUT2D eigenvalue weighted by Gasteiger charge is -2.15. The molecular formula is C16H18F3N3S. The molecule has 0 bridgehead atoms. The molecular weight excluding hydrogens is 323 g/mol. The van der Waals surface area contributed by atoms with Gasteiger partial charge in [0.05, 0.1) is 17.0 Å². The van der Waals surface area contributed by atoms with Gasteiger partial charge in [-0.15, -0.1) is 11.3 Å². The number of thiophene rings is 1. The quantitative estimate of drug-likeness (QED) is 0.611. The van der Waals surface area contributed by atoms with Crippen LogP contribution in [0.4, 0.5) is 18.9 Å². The van der Waals surface area contributed by atoms with Crippen LogP contribution in [0.3, 0.4) is 0 Å². The van der Waals surface area contributed by atoms with Crippen LogP contribution in [0, 0.1) is 0 Å². The summed E-state index contributed by atoms with van der Waals surface area (Å²) in [6, 6.07) is 10.4. The van der Waals surface area contributed by atoms with Crippen molar-refractivity contribution in [3.63, 3.8) is 0 Å². The zero-order chi connectivity index (χ0) is 16.9. The maximum Gasteiger partial charge on any atom is 0.390 e. The van der Waals surface area contributed by atoms with Crippen LogP contribution in [0.5, 0.6) is 0 Å². The first-order valence-corrected chi connectivity index (χ1v) is 7.98. The van der Waals surface area contributed by atoms with Crippen molar-refractivity contribution < 1.29 is 13.2 Å². The van der Waals surface area contributed by atoms with E-state index in [9.17, 15) is 13.2 Å². The Labute approximate surface area is 137 Å². The summed E-state index contributed by atoms with van der Waals surface area (Å²) in [4.78, 5) is 5.22. The molecule has 0 aliphatic carbocycles. The van der Waals surface area contributed by atoms with Crippen LogP contribution in [0.15, 0.2) is 46.8 Å². The van der Waals surface area contributed by atoms with Crippen molar-refractivity contribution in [1.29, 1.82) is 0 Å².